The van der Waals surface area contributed by atoms with Gasteiger partial charge in [-0.15, -0.1) is 0 Å². The molecule has 0 radical (unpaired) electrons. The first-order valence-corrected chi connectivity index (χ1v) is 23.0. The van der Waals surface area contributed by atoms with E-state index in [1.54, 1.807) is 0 Å². The summed E-state index contributed by atoms with van der Waals surface area (Å²) in [5.74, 6) is -1.03. The van der Waals surface area contributed by atoms with Crippen molar-refractivity contribution in [3.63, 3.8) is 0 Å². The van der Waals surface area contributed by atoms with Gasteiger partial charge < -0.3 is 19.7 Å². The molecule has 1 amide bonds. The second-order valence-corrected chi connectivity index (χ2v) is 15.9. The average Bonchev–Trinajstić information content (AvgIpc) is 3.12. The second-order valence-electron chi connectivity index (χ2n) is 14.5. The number of unbranched alkanes of at least 4 members (excludes halogenated alkanes) is 24. The SMILES string of the molecule is CCCCCCCCCCCCCCCC(=O)OCC(COP(=O)(O)OCCNC(=O)CCC)OC(=O)CCCCCCCCCCCCCCC. The van der Waals surface area contributed by atoms with Crippen molar-refractivity contribution in [3.05, 3.63) is 0 Å². The minimum Gasteiger partial charge on any atom is -0.462 e. The Morgan fingerprint density at radius 1 is 0.519 bits per heavy atom. The zero-order valence-corrected chi connectivity index (χ0v) is 34.7. The number of hydrogen-bond acceptors (Lipinski definition) is 8. The third-order valence-corrected chi connectivity index (χ3v) is 10.3. The molecule has 0 rings (SSSR count). The maximum Gasteiger partial charge on any atom is 0.472 e. The van der Waals surface area contributed by atoms with Gasteiger partial charge in [-0.3, -0.25) is 23.4 Å². The van der Waals surface area contributed by atoms with E-state index in [0.717, 1.165) is 38.5 Å². The van der Waals surface area contributed by atoms with E-state index in [1.165, 1.54) is 122 Å². The Bertz CT molecular complexity index is 888. The predicted octanol–water partition coefficient (Wildman–Crippen LogP) is 11.5. The third-order valence-electron chi connectivity index (χ3n) is 9.28. The number of nitrogens with one attached hydrogen (secondary N) is 1. The highest BCUT2D eigenvalue weighted by atomic mass is 31.2. The summed E-state index contributed by atoms with van der Waals surface area (Å²) in [6.07, 6.45) is 31.9. The molecule has 2 unspecified atom stereocenters. The highest BCUT2D eigenvalue weighted by Crippen LogP contribution is 2.43. The minimum absolute atomic E-state index is 0.0566. The Labute approximate surface area is 318 Å². The van der Waals surface area contributed by atoms with Gasteiger partial charge in [-0.1, -0.05) is 175 Å². The normalized spacial score (nSPS) is 13.1. The summed E-state index contributed by atoms with van der Waals surface area (Å²) in [6.45, 7) is 5.47. The molecule has 0 aliphatic rings. The van der Waals surface area contributed by atoms with Crippen molar-refractivity contribution in [3.8, 4) is 0 Å². The van der Waals surface area contributed by atoms with Crippen LogP contribution in [0.4, 0.5) is 0 Å². The van der Waals surface area contributed by atoms with Crippen LogP contribution in [0.15, 0.2) is 0 Å². The molecule has 0 aromatic heterocycles. The van der Waals surface area contributed by atoms with Crippen molar-refractivity contribution < 1.29 is 42.4 Å². The summed E-state index contributed by atoms with van der Waals surface area (Å²) in [5.41, 5.74) is 0. The van der Waals surface area contributed by atoms with Crippen LogP contribution >= 0.6 is 7.82 Å². The second kappa shape index (κ2) is 37.8. The Hall–Kier alpha value is -1.48. The summed E-state index contributed by atoms with van der Waals surface area (Å²) in [6, 6.07) is 0. The molecule has 52 heavy (non-hydrogen) atoms. The lowest BCUT2D eigenvalue weighted by Gasteiger charge is -2.20. The molecule has 11 heteroatoms. The Morgan fingerprint density at radius 3 is 1.35 bits per heavy atom. The number of ether oxygens (including phenoxy) is 2. The molecule has 0 heterocycles. The fourth-order valence-corrected chi connectivity index (χ4v) is 6.83. The van der Waals surface area contributed by atoms with Crippen molar-refractivity contribution >= 4 is 25.7 Å². The number of phosphoric acid groups is 1. The summed E-state index contributed by atoms with van der Waals surface area (Å²) in [5, 5.41) is 2.60. The van der Waals surface area contributed by atoms with Gasteiger partial charge in [0.05, 0.1) is 13.2 Å². The van der Waals surface area contributed by atoms with Crippen LogP contribution in [0.5, 0.6) is 0 Å². The van der Waals surface area contributed by atoms with Crippen LogP contribution in [0.2, 0.25) is 0 Å². The molecule has 0 saturated carbocycles. The first-order chi connectivity index (χ1) is 25.2. The lowest BCUT2D eigenvalue weighted by atomic mass is 10.0. The molecule has 2 atom stereocenters. The summed E-state index contributed by atoms with van der Waals surface area (Å²) in [4.78, 5) is 46.8. The van der Waals surface area contributed by atoms with E-state index in [0.29, 0.717) is 19.3 Å². The van der Waals surface area contributed by atoms with Crippen LogP contribution in [-0.4, -0.2) is 55.2 Å². The van der Waals surface area contributed by atoms with Gasteiger partial charge in [0.15, 0.2) is 6.10 Å². The molecular weight excluding hydrogens is 681 g/mol. The van der Waals surface area contributed by atoms with Crippen molar-refractivity contribution in [2.24, 2.45) is 0 Å². The number of carbonyl (C=O) groups is 3. The molecule has 0 saturated heterocycles. The first kappa shape index (κ1) is 50.5. The van der Waals surface area contributed by atoms with E-state index in [4.69, 9.17) is 18.5 Å². The fraction of sp³-hybridized carbons (Fsp3) is 0.927. The lowest BCUT2D eigenvalue weighted by Crippen LogP contribution is -2.30. The van der Waals surface area contributed by atoms with Crippen molar-refractivity contribution in [2.75, 3.05) is 26.4 Å². The monoisotopic (exact) mass is 762 g/mol. The Balaban J connectivity index is 4.42. The van der Waals surface area contributed by atoms with E-state index in [9.17, 15) is 23.8 Å². The Morgan fingerprint density at radius 2 is 0.923 bits per heavy atom. The van der Waals surface area contributed by atoms with Gasteiger partial charge in [0, 0.05) is 25.8 Å². The van der Waals surface area contributed by atoms with Gasteiger partial charge in [0.1, 0.15) is 6.61 Å². The van der Waals surface area contributed by atoms with Crippen LogP contribution in [-0.2, 0) is 37.5 Å². The van der Waals surface area contributed by atoms with Gasteiger partial charge >= 0.3 is 19.8 Å². The molecule has 0 aliphatic carbocycles. The van der Waals surface area contributed by atoms with Crippen LogP contribution in [0.1, 0.15) is 213 Å². The van der Waals surface area contributed by atoms with Crippen molar-refractivity contribution in [2.45, 2.75) is 219 Å². The number of carbonyl (C=O) groups excluding carboxylic acids is 3. The highest BCUT2D eigenvalue weighted by molar-refractivity contribution is 7.47. The van der Waals surface area contributed by atoms with Crippen LogP contribution < -0.4 is 5.32 Å². The molecule has 10 nitrogen and oxygen atoms in total. The maximum absolute atomic E-state index is 12.6. The van der Waals surface area contributed by atoms with Gasteiger partial charge in [-0.25, -0.2) is 4.57 Å². The average molecular weight is 762 g/mol. The summed E-state index contributed by atoms with van der Waals surface area (Å²) >= 11 is 0. The molecule has 0 aliphatic heterocycles. The van der Waals surface area contributed by atoms with Gasteiger partial charge in [-0.2, -0.15) is 0 Å². The molecule has 0 spiro atoms. The topological polar surface area (TPSA) is 137 Å². The van der Waals surface area contributed by atoms with E-state index in [-0.39, 0.29) is 38.5 Å². The molecular formula is C41H80NO9P. The molecule has 0 aromatic rings. The van der Waals surface area contributed by atoms with E-state index in [2.05, 4.69) is 19.2 Å². The largest absolute Gasteiger partial charge is 0.472 e. The van der Waals surface area contributed by atoms with E-state index >= 15 is 0 Å². The molecule has 0 bridgehead atoms. The van der Waals surface area contributed by atoms with Crippen LogP contribution in [0.25, 0.3) is 0 Å². The van der Waals surface area contributed by atoms with E-state index < -0.39 is 32.5 Å². The molecule has 2 N–H and O–H groups in total. The van der Waals surface area contributed by atoms with Crippen molar-refractivity contribution in [1.29, 1.82) is 0 Å². The number of phosphoric ester groups is 1. The summed E-state index contributed by atoms with van der Waals surface area (Å²) < 4.78 is 33.4. The fourth-order valence-electron chi connectivity index (χ4n) is 6.07. The molecule has 0 aromatic carbocycles. The third kappa shape index (κ3) is 36.9. The predicted molar refractivity (Wildman–Crippen MR) is 211 cm³/mol. The summed E-state index contributed by atoms with van der Waals surface area (Å²) in [7, 11) is -4.49. The standard InChI is InChI=1S/C41H80NO9P/c1-4-7-9-11-13-15-17-19-21-23-25-27-29-32-40(44)48-36-38(37-50-52(46,47)49-35-34-42-39(43)31-6-3)51-41(45)33-30-28-26-24-22-20-18-16-14-12-10-8-5-2/h38H,4-37H2,1-3H3,(H,42,43)(H,46,47). The smallest absolute Gasteiger partial charge is 0.462 e. The van der Waals surface area contributed by atoms with Crippen molar-refractivity contribution in [1.82, 2.24) is 5.32 Å². The van der Waals surface area contributed by atoms with Gasteiger partial charge in [0.2, 0.25) is 5.91 Å². The first-order valence-electron chi connectivity index (χ1n) is 21.5. The zero-order valence-electron chi connectivity index (χ0n) is 33.8. The Kier molecular flexibility index (Phi) is 36.7. The van der Waals surface area contributed by atoms with Gasteiger partial charge in [-0.05, 0) is 19.3 Å². The number of hydrogen-bond donors (Lipinski definition) is 2. The van der Waals surface area contributed by atoms with Crippen LogP contribution in [0.3, 0.4) is 0 Å². The van der Waals surface area contributed by atoms with E-state index in [1.807, 2.05) is 6.92 Å². The van der Waals surface area contributed by atoms with Crippen LogP contribution in [0, 0.1) is 0 Å². The molecule has 0 fully saturated rings. The molecule has 308 valence electrons. The maximum atomic E-state index is 12.6. The number of esters is 2. The number of amides is 1. The van der Waals surface area contributed by atoms with Gasteiger partial charge in [0.25, 0.3) is 0 Å². The number of rotatable bonds is 40. The zero-order chi connectivity index (χ0) is 38.4. The quantitative estimate of drug-likeness (QED) is 0.0355. The lowest BCUT2D eigenvalue weighted by molar-refractivity contribution is -0.161. The highest BCUT2D eigenvalue weighted by Gasteiger charge is 2.26. The minimum atomic E-state index is -4.49.